The summed E-state index contributed by atoms with van der Waals surface area (Å²) in [7, 11) is -0.887. The van der Waals surface area contributed by atoms with E-state index in [9.17, 15) is 23.0 Å². The molecule has 2 atom stereocenters. The fraction of sp³-hybridized carbons (Fsp3) is 0.409. The van der Waals surface area contributed by atoms with Crippen LogP contribution >= 0.6 is 0 Å². The van der Waals surface area contributed by atoms with Crippen LogP contribution in [0.15, 0.2) is 54.6 Å². The largest absolute Gasteiger partial charge is 0.573 e. The van der Waals surface area contributed by atoms with Gasteiger partial charge in [0.25, 0.3) is 0 Å². The third kappa shape index (κ3) is 5.80. The first kappa shape index (κ1) is 23.2. The molecule has 0 aromatic heterocycles. The maximum atomic E-state index is 13.3. The molecule has 0 amide bonds. The lowest BCUT2D eigenvalue weighted by atomic mass is 9.76. The fourth-order valence-electron chi connectivity index (χ4n) is 4.23. The zero-order valence-corrected chi connectivity index (χ0v) is 17.4. The fourth-order valence-corrected chi connectivity index (χ4v) is 4.23. The van der Waals surface area contributed by atoms with E-state index in [-0.39, 0.29) is 24.7 Å². The molecule has 5 nitrogen and oxygen atoms in total. The predicted molar refractivity (Wildman–Crippen MR) is 110 cm³/mol. The molecule has 9 heteroatoms. The van der Waals surface area contributed by atoms with E-state index < -0.39 is 24.9 Å². The number of ether oxygens (including phenoxy) is 2. The molecule has 3 rings (SSSR count). The third-order valence-electron chi connectivity index (χ3n) is 5.44. The summed E-state index contributed by atoms with van der Waals surface area (Å²) in [4.78, 5) is 15.0. The molecular formula is C22H25BF3NO4. The predicted octanol–water partition coefficient (Wildman–Crippen LogP) is 4.06. The second-order valence-electron chi connectivity index (χ2n) is 8.06. The minimum Gasteiger partial charge on any atom is -0.459 e. The summed E-state index contributed by atoms with van der Waals surface area (Å²) in [6.45, 7) is 4.19. The van der Waals surface area contributed by atoms with Crippen molar-refractivity contribution < 1.29 is 32.5 Å². The smallest absolute Gasteiger partial charge is 0.459 e. The molecule has 0 aliphatic carbocycles. The summed E-state index contributed by atoms with van der Waals surface area (Å²) in [5.41, 5.74) is 0.370. The van der Waals surface area contributed by atoms with Crippen molar-refractivity contribution in [2.24, 2.45) is 5.92 Å². The first-order valence-corrected chi connectivity index (χ1v) is 10.1. The van der Waals surface area contributed by atoms with Crippen LogP contribution in [0.1, 0.15) is 24.5 Å². The van der Waals surface area contributed by atoms with Gasteiger partial charge in [0.15, 0.2) is 0 Å². The van der Waals surface area contributed by atoms with Crippen LogP contribution in [0, 0.1) is 5.92 Å². The highest BCUT2D eigenvalue weighted by Crippen LogP contribution is 2.38. The van der Waals surface area contributed by atoms with Crippen molar-refractivity contribution in [1.82, 2.24) is 4.81 Å². The summed E-state index contributed by atoms with van der Waals surface area (Å²) in [6, 6.07) is 14.7. The molecule has 31 heavy (non-hydrogen) atoms. The molecule has 166 valence electrons. The summed E-state index contributed by atoms with van der Waals surface area (Å²) in [5, 5.41) is 10.4. The van der Waals surface area contributed by atoms with Crippen LogP contribution in [0.25, 0.3) is 0 Å². The standard InChI is InChI=1S/C22H25BF3NO4/c1-16-12-21(27(14-16)23(2)29,20(28)30-15-18-6-4-3-5-7-18)13-17-8-10-19(11-9-17)31-22(24,25)26/h3-11,16,29H,12-15H2,1-2H3/t16-,21+/m0/s1. The first-order chi connectivity index (χ1) is 14.6. The summed E-state index contributed by atoms with van der Waals surface area (Å²) in [6.07, 6.45) is -4.11. The average Bonchev–Trinajstić information content (AvgIpc) is 3.05. The van der Waals surface area contributed by atoms with Gasteiger partial charge in [0.2, 0.25) is 0 Å². The van der Waals surface area contributed by atoms with Crippen LogP contribution in [0.3, 0.4) is 0 Å². The Bertz CT molecular complexity index is 877. The van der Waals surface area contributed by atoms with Crippen molar-refractivity contribution in [1.29, 1.82) is 0 Å². The minimum atomic E-state index is -4.77. The van der Waals surface area contributed by atoms with Crippen molar-refractivity contribution in [3.63, 3.8) is 0 Å². The Kier molecular flexibility index (Phi) is 6.96. The lowest BCUT2D eigenvalue weighted by Gasteiger charge is -2.37. The van der Waals surface area contributed by atoms with E-state index in [1.165, 1.54) is 24.3 Å². The Morgan fingerprint density at radius 2 is 1.81 bits per heavy atom. The minimum absolute atomic E-state index is 0.0990. The number of hydrogen-bond donors (Lipinski definition) is 1. The average molecular weight is 435 g/mol. The molecule has 0 spiro atoms. The number of benzene rings is 2. The van der Waals surface area contributed by atoms with Gasteiger partial charge in [-0.2, -0.15) is 0 Å². The van der Waals surface area contributed by atoms with E-state index in [1.807, 2.05) is 37.3 Å². The van der Waals surface area contributed by atoms with E-state index in [4.69, 9.17) is 4.74 Å². The van der Waals surface area contributed by atoms with Gasteiger partial charge in [-0.3, -0.25) is 4.79 Å². The van der Waals surface area contributed by atoms with Crippen LogP contribution < -0.4 is 4.74 Å². The number of halogens is 3. The molecule has 1 N–H and O–H groups in total. The second kappa shape index (κ2) is 9.32. The highest BCUT2D eigenvalue weighted by atomic mass is 19.4. The topological polar surface area (TPSA) is 59.0 Å². The molecule has 2 aromatic rings. The van der Waals surface area contributed by atoms with E-state index in [0.29, 0.717) is 18.5 Å². The van der Waals surface area contributed by atoms with Crippen LogP contribution in [-0.2, 0) is 22.6 Å². The third-order valence-corrected chi connectivity index (χ3v) is 5.44. The van der Waals surface area contributed by atoms with Gasteiger partial charge < -0.3 is 19.3 Å². The highest BCUT2D eigenvalue weighted by Gasteiger charge is 2.53. The van der Waals surface area contributed by atoms with Crippen molar-refractivity contribution in [2.45, 2.75) is 45.1 Å². The first-order valence-electron chi connectivity index (χ1n) is 10.1. The van der Waals surface area contributed by atoms with Gasteiger partial charge in [0, 0.05) is 6.42 Å². The van der Waals surface area contributed by atoms with E-state index in [2.05, 4.69) is 4.74 Å². The Morgan fingerprint density at radius 3 is 2.39 bits per heavy atom. The van der Waals surface area contributed by atoms with Crippen molar-refractivity contribution in [3.8, 4) is 5.75 Å². The van der Waals surface area contributed by atoms with Crippen LogP contribution in [0.4, 0.5) is 13.2 Å². The molecule has 1 fully saturated rings. The van der Waals surface area contributed by atoms with E-state index in [0.717, 1.165) is 5.56 Å². The quantitative estimate of drug-likeness (QED) is 0.525. The Morgan fingerprint density at radius 1 is 1.16 bits per heavy atom. The maximum Gasteiger partial charge on any atom is 0.573 e. The van der Waals surface area contributed by atoms with Crippen molar-refractivity contribution in [3.05, 3.63) is 65.7 Å². The molecule has 0 radical (unpaired) electrons. The number of hydrogen-bond acceptors (Lipinski definition) is 5. The molecular weight excluding hydrogens is 410 g/mol. The van der Waals surface area contributed by atoms with Gasteiger partial charge in [-0.1, -0.05) is 49.4 Å². The highest BCUT2D eigenvalue weighted by molar-refractivity contribution is 6.46. The Labute approximate surface area is 179 Å². The van der Waals surface area contributed by atoms with Gasteiger partial charge in [0.05, 0.1) is 0 Å². The van der Waals surface area contributed by atoms with Gasteiger partial charge in [-0.25, -0.2) is 0 Å². The van der Waals surface area contributed by atoms with E-state index in [1.54, 1.807) is 11.6 Å². The lowest BCUT2D eigenvalue weighted by molar-refractivity contribution is -0.274. The number of rotatable bonds is 7. The monoisotopic (exact) mass is 435 g/mol. The zero-order valence-electron chi connectivity index (χ0n) is 17.4. The summed E-state index contributed by atoms with van der Waals surface area (Å²) < 4.78 is 46.8. The normalized spacial score (nSPS) is 21.7. The van der Waals surface area contributed by atoms with Crippen molar-refractivity contribution >= 4 is 13.0 Å². The van der Waals surface area contributed by atoms with Gasteiger partial charge in [-0.05, 0) is 49.0 Å². The van der Waals surface area contributed by atoms with Crippen molar-refractivity contribution in [2.75, 3.05) is 6.54 Å². The number of nitrogens with zero attached hydrogens (tertiary/aromatic N) is 1. The van der Waals surface area contributed by atoms with Gasteiger partial charge in [0.1, 0.15) is 17.9 Å². The molecule has 0 bridgehead atoms. The maximum absolute atomic E-state index is 13.3. The number of carbonyl (C=O) groups is 1. The molecule has 1 saturated heterocycles. The second-order valence-corrected chi connectivity index (χ2v) is 8.06. The number of esters is 1. The number of alkyl halides is 3. The van der Waals surface area contributed by atoms with Gasteiger partial charge in [-0.15, -0.1) is 13.2 Å². The Balaban J connectivity index is 1.83. The van der Waals surface area contributed by atoms with Crippen LogP contribution in [0.2, 0.25) is 6.82 Å². The van der Waals surface area contributed by atoms with Gasteiger partial charge >= 0.3 is 19.4 Å². The van der Waals surface area contributed by atoms with Crippen LogP contribution in [0.5, 0.6) is 5.75 Å². The molecule has 1 aliphatic rings. The summed E-state index contributed by atoms with van der Waals surface area (Å²) in [5.74, 6) is -0.659. The summed E-state index contributed by atoms with van der Waals surface area (Å²) >= 11 is 0. The number of carbonyl (C=O) groups excluding carboxylic acids is 1. The molecule has 1 heterocycles. The molecule has 1 aliphatic heterocycles. The van der Waals surface area contributed by atoms with E-state index >= 15 is 0 Å². The molecule has 0 unspecified atom stereocenters. The lowest BCUT2D eigenvalue weighted by Crippen LogP contribution is -2.57. The molecule has 0 saturated carbocycles. The Hall–Kier alpha value is -2.52. The van der Waals surface area contributed by atoms with Crippen LogP contribution in [-0.4, -0.2) is 41.3 Å². The zero-order chi connectivity index (χ0) is 22.6. The SMILES string of the molecule is CB(O)N1C[C@@H](C)C[C@@]1(Cc1ccc(OC(F)(F)F)cc1)C(=O)OCc1ccccc1. The molecule has 2 aromatic carbocycles.